The van der Waals surface area contributed by atoms with Crippen LogP contribution in [0.1, 0.15) is 206 Å². The summed E-state index contributed by atoms with van der Waals surface area (Å²) in [7, 11) is 1.19. The number of aliphatic hydroxyl groups excluding tert-OH is 1. The molecular weight excluding hydrogens is 693 g/mol. The lowest BCUT2D eigenvalue weighted by atomic mass is 10.0. The van der Waals surface area contributed by atoms with Gasteiger partial charge in [0, 0.05) is 12.8 Å². The maximum absolute atomic E-state index is 12.1. The molecule has 0 rings (SSSR count). The number of phosphoric ester groups is 1. The first-order valence-electron chi connectivity index (χ1n) is 21.8. The van der Waals surface area contributed by atoms with Crippen molar-refractivity contribution in [1.82, 2.24) is 0 Å². The van der Waals surface area contributed by atoms with Gasteiger partial charge >= 0.3 is 11.9 Å². The first kappa shape index (κ1) is 54.1. The van der Waals surface area contributed by atoms with Gasteiger partial charge in [-0.15, -0.1) is 0 Å². The lowest BCUT2D eigenvalue weighted by Crippen LogP contribution is -2.37. The van der Waals surface area contributed by atoms with E-state index in [4.69, 9.17) is 14.4 Å². The summed E-state index contributed by atoms with van der Waals surface area (Å²) in [5.74, 6) is -0.578. The molecule has 2 N–H and O–H groups in total. The summed E-state index contributed by atoms with van der Waals surface area (Å²) in [6, 6.07) is 0. The zero-order valence-electron chi connectivity index (χ0n) is 35.3. The van der Waals surface area contributed by atoms with Gasteiger partial charge in [-0.3, -0.25) is 14.2 Å². The van der Waals surface area contributed by atoms with Crippen LogP contribution in [0.5, 0.6) is 0 Å². The lowest BCUT2D eigenvalue weighted by molar-refractivity contribution is -0.870. The molecule has 53 heavy (non-hydrogen) atoms. The van der Waals surface area contributed by atoms with Crippen LogP contribution in [0, 0.1) is 0 Å². The van der Waals surface area contributed by atoms with Crippen molar-refractivity contribution in [1.29, 1.82) is 0 Å². The molecule has 0 aliphatic carbocycles. The zero-order chi connectivity index (χ0) is 39.9. The summed E-state index contributed by atoms with van der Waals surface area (Å²) in [4.78, 5) is 42.4. The largest absolute Gasteiger partial charge is 0.756 e. The predicted molar refractivity (Wildman–Crippen MR) is 216 cm³/mol. The minimum atomic E-state index is -4.51. The van der Waals surface area contributed by atoms with Gasteiger partial charge < -0.3 is 33.4 Å². The predicted octanol–water partition coefficient (Wildman–Crippen LogP) is 10.3. The van der Waals surface area contributed by atoms with E-state index in [-0.39, 0.29) is 31.8 Å². The minimum absolute atomic E-state index is 0.0147. The minimum Gasteiger partial charge on any atom is -0.756 e. The molecule has 2 atom stereocenters. The third-order valence-electron chi connectivity index (χ3n) is 9.42. The van der Waals surface area contributed by atoms with E-state index in [2.05, 4.69) is 18.4 Å². The highest BCUT2D eigenvalue weighted by molar-refractivity contribution is 7.44. The molecule has 318 valence electrons. The van der Waals surface area contributed by atoms with E-state index in [1.54, 1.807) is 0 Å². The van der Waals surface area contributed by atoms with Crippen molar-refractivity contribution in [3.05, 3.63) is 0 Å². The number of hydrogen-bond donors (Lipinski definition) is 2. The first-order chi connectivity index (χ1) is 25.3. The van der Waals surface area contributed by atoms with Crippen LogP contribution < -0.4 is 4.89 Å². The van der Waals surface area contributed by atoms with Crippen molar-refractivity contribution in [2.24, 2.45) is 0 Å². The van der Waals surface area contributed by atoms with E-state index in [0.29, 0.717) is 23.9 Å². The van der Waals surface area contributed by atoms with Gasteiger partial charge in [0.25, 0.3) is 7.82 Å². The van der Waals surface area contributed by atoms with E-state index in [0.717, 1.165) is 32.1 Å². The molecule has 0 aromatic heterocycles. The Hall–Kier alpha value is -1.03. The SMILES string of the molecule is CCCCCCCCCCCCCCCCCC(=O)OC[C@H](CO)OC(=O)CCCCCCCCCCCCCCC.C[N+](C)(C)CCOP(=O)([O-])O. The van der Waals surface area contributed by atoms with Crippen LogP contribution in [-0.4, -0.2) is 80.0 Å². The molecule has 10 nitrogen and oxygen atoms in total. The summed E-state index contributed by atoms with van der Waals surface area (Å²) in [6.07, 6.45) is 35.8. The highest BCUT2D eigenvalue weighted by atomic mass is 31.2. The number of unbranched alkanes of at least 4 members (excludes halogenated alkanes) is 26. The average molecular weight is 780 g/mol. The highest BCUT2D eigenvalue weighted by Crippen LogP contribution is 2.29. The Bertz CT molecular complexity index is 847. The molecule has 0 aromatic carbocycles. The molecular formula is C42H86NO9P. The molecule has 0 heterocycles. The Morgan fingerprint density at radius 2 is 0.906 bits per heavy atom. The topological polar surface area (TPSA) is 142 Å². The van der Waals surface area contributed by atoms with Crippen LogP contribution in [0.25, 0.3) is 0 Å². The van der Waals surface area contributed by atoms with Crippen molar-refractivity contribution in [2.45, 2.75) is 213 Å². The Balaban J connectivity index is 0. The van der Waals surface area contributed by atoms with Gasteiger partial charge in [-0.25, -0.2) is 0 Å². The highest BCUT2D eigenvalue weighted by Gasteiger charge is 2.16. The maximum atomic E-state index is 12.1. The van der Waals surface area contributed by atoms with E-state index in [9.17, 15) is 24.2 Å². The molecule has 0 radical (unpaired) electrons. The third kappa shape index (κ3) is 49.0. The fraction of sp³-hybridized carbons (Fsp3) is 0.952. The fourth-order valence-corrected chi connectivity index (χ4v) is 6.30. The molecule has 0 aliphatic heterocycles. The summed E-state index contributed by atoms with van der Waals surface area (Å²) in [6.45, 7) is 4.70. The number of carbonyl (C=O) groups excluding carboxylic acids is 2. The summed E-state index contributed by atoms with van der Waals surface area (Å²) in [5, 5.41) is 9.52. The number of hydrogen-bond acceptors (Lipinski definition) is 8. The Morgan fingerprint density at radius 3 is 1.21 bits per heavy atom. The molecule has 11 heteroatoms. The number of likely N-dealkylation sites (N-methyl/N-ethyl adjacent to an activating group) is 1. The summed E-state index contributed by atoms with van der Waals surface area (Å²) in [5.41, 5.74) is 0. The number of quaternary nitrogens is 1. The van der Waals surface area contributed by atoms with Crippen molar-refractivity contribution in [3.8, 4) is 0 Å². The van der Waals surface area contributed by atoms with Crippen molar-refractivity contribution >= 4 is 19.8 Å². The van der Waals surface area contributed by atoms with Crippen LogP contribution in [0.15, 0.2) is 0 Å². The van der Waals surface area contributed by atoms with E-state index >= 15 is 0 Å². The molecule has 0 spiro atoms. The number of nitrogens with zero attached hydrogens (tertiary/aromatic N) is 1. The van der Waals surface area contributed by atoms with Crippen LogP contribution in [0.2, 0.25) is 0 Å². The van der Waals surface area contributed by atoms with Gasteiger partial charge in [0.05, 0.1) is 27.7 Å². The molecule has 0 saturated heterocycles. The van der Waals surface area contributed by atoms with Crippen molar-refractivity contribution < 1.29 is 47.5 Å². The maximum Gasteiger partial charge on any atom is 0.306 e. The smallest absolute Gasteiger partial charge is 0.306 e. The number of phosphoric acid groups is 1. The van der Waals surface area contributed by atoms with Gasteiger partial charge in [0.2, 0.25) is 0 Å². The Kier molecular flexibility index (Phi) is 40.0. The standard InChI is InChI=1S/C37H72O5.C5H14NO4P/c1-3-5-7-9-11-13-15-17-18-20-21-23-25-27-29-31-36(39)41-34-35(33-38)42-37(40)32-30-28-26-24-22-19-16-14-12-10-8-6-4-2;1-6(2,3)4-5-10-11(7,8)9/h35,38H,3-34H2,1-2H3;4-5H2,1-3H3,(H-,7,8,9)/t35-;/m0./s1. The quantitative estimate of drug-likeness (QED) is 0.0271. The summed E-state index contributed by atoms with van der Waals surface area (Å²) >= 11 is 0. The van der Waals surface area contributed by atoms with E-state index in [1.807, 2.05) is 21.1 Å². The molecule has 0 fully saturated rings. The van der Waals surface area contributed by atoms with Crippen molar-refractivity contribution in [3.63, 3.8) is 0 Å². The second-order valence-corrected chi connectivity index (χ2v) is 17.2. The number of ether oxygens (including phenoxy) is 2. The van der Waals surface area contributed by atoms with Crippen LogP contribution in [0.3, 0.4) is 0 Å². The number of rotatable bonds is 38. The molecule has 0 aliphatic rings. The van der Waals surface area contributed by atoms with Gasteiger partial charge in [-0.05, 0) is 12.8 Å². The number of aliphatic hydroxyl groups is 1. The third-order valence-corrected chi connectivity index (χ3v) is 9.93. The normalized spacial score (nSPS) is 13.2. The van der Waals surface area contributed by atoms with Crippen molar-refractivity contribution in [2.75, 3.05) is 47.5 Å². The Labute approximate surface area is 326 Å². The number of carbonyl (C=O) groups is 2. The van der Waals surface area contributed by atoms with Crippen LogP contribution >= 0.6 is 7.82 Å². The number of esters is 2. The molecule has 0 aromatic rings. The van der Waals surface area contributed by atoms with Crippen LogP contribution in [0.4, 0.5) is 0 Å². The molecule has 0 bridgehead atoms. The second-order valence-electron chi connectivity index (χ2n) is 16.0. The van der Waals surface area contributed by atoms with Gasteiger partial charge in [0.15, 0.2) is 6.10 Å². The zero-order valence-corrected chi connectivity index (χ0v) is 36.2. The molecule has 1 unspecified atom stereocenters. The monoisotopic (exact) mass is 780 g/mol. The van der Waals surface area contributed by atoms with E-state index in [1.165, 1.54) is 148 Å². The Morgan fingerprint density at radius 1 is 0.585 bits per heavy atom. The summed E-state index contributed by atoms with van der Waals surface area (Å²) < 4.78 is 25.4. The molecule has 0 amide bonds. The average Bonchev–Trinajstić information content (AvgIpc) is 3.09. The van der Waals surface area contributed by atoms with Gasteiger partial charge in [-0.2, -0.15) is 0 Å². The van der Waals surface area contributed by atoms with Gasteiger partial charge in [0.1, 0.15) is 19.8 Å². The van der Waals surface area contributed by atoms with E-state index < -0.39 is 13.9 Å². The first-order valence-corrected chi connectivity index (χ1v) is 23.3. The van der Waals surface area contributed by atoms with Gasteiger partial charge in [-0.1, -0.05) is 181 Å². The fourth-order valence-electron chi connectivity index (χ4n) is 5.98. The van der Waals surface area contributed by atoms with Crippen LogP contribution in [-0.2, 0) is 28.2 Å². The molecule has 0 saturated carbocycles. The second kappa shape index (κ2) is 39.2. The lowest BCUT2D eigenvalue weighted by Gasteiger charge is -2.25.